The molecular formula is C22H20N4O3. The fourth-order valence-electron chi connectivity index (χ4n) is 2.96. The van der Waals surface area contributed by atoms with E-state index in [-0.39, 0.29) is 0 Å². The number of benzene rings is 3. The maximum absolute atomic E-state index is 6.06. The molecule has 0 atom stereocenters. The summed E-state index contributed by atoms with van der Waals surface area (Å²) in [4.78, 5) is 8.71. The molecule has 29 heavy (non-hydrogen) atoms. The molecule has 0 bridgehead atoms. The number of anilines is 3. The highest BCUT2D eigenvalue weighted by molar-refractivity contribution is 5.97. The van der Waals surface area contributed by atoms with Crippen LogP contribution in [0.3, 0.4) is 0 Å². The van der Waals surface area contributed by atoms with Crippen LogP contribution in [0.25, 0.3) is 10.8 Å². The van der Waals surface area contributed by atoms with E-state index in [9.17, 15) is 0 Å². The lowest BCUT2D eigenvalue weighted by Gasteiger charge is -2.12. The Kier molecular flexibility index (Phi) is 5.03. The van der Waals surface area contributed by atoms with Gasteiger partial charge in [-0.2, -0.15) is 4.98 Å². The van der Waals surface area contributed by atoms with E-state index in [2.05, 4.69) is 15.3 Å². The van der Waals surface area contributed by atoms with Crippen molar-refractivity contribution in [1.29, 1.82) is 0 Å². The molecule has 4 aromatic rings. The van der Waals surface area contributed by atoms with Gasteiger partial charge in [-0.25, -0.2) is 4.98 Å². The van der Waals surface area contributed by atoms with E-state index in [0.29, 0.717) is 34.8 Å². The Morgan fingerprint density at radius 2 is 1.59 bits per heavy atom. The normalized spacial score (nSPS) is 10.6. The Balaban J connectivity index is 1.61. The summed E-state index contributed by atoms with van der Waals surface area (Å²) in [6.45, 7) is 0. The number of nitrogens with two attached hydrogens (primary N) is 1. The second-order valence-corrected chi connectivity index (χ2v) is 6.25. The molecule has 0 amide bonds. The van der Waals surface area contributed by atoms with Crippen molar-refractivity contribution in [3.05, 3.63) is 66.9 Å². The van der Waals surface area contributed by atoms with Gasteiger partial charge in [-0.3, -0.25) is 0 Å². The monoisotopic (exact) mass is 388 g/mol. The smallest absolute Gasteiger partial charge is 0.230 e. The number of nitrogens with one attached hydrogen (secondary N) is 1. The summed E-state index contributed by atoms with van der Waals surface area (Å²) in [5, 5.41) is 4.99. The fourth-order valence-corrected chi connectivity index (χ4v) is 2.96. The van der Waals surface area contributed by atoms with Crippen LogP contribution in [0.5, 0.6) is 23.1 Å². The molecule has 3 aromatic carbocycles. The van der Waals surface area contributed by atoms with Crippen LogP contribution in [0.2, 0.25) is 0 Å². The van der Waals surface area contributed by atoms with Crippen molar-refractivity contribution in [3.8, 4) is 23.1 Å². The minimum atomic E-state index is 0.387. The third-order valence-electron chi connectivity index (χ3n) is 4.37. The van der Waals surface area contributed by atoms with Gasteiger partial charge in [0.15, 0.2) is 0 Å². The number of hydrogen-bond acceptors (Lipinski definition) is 7. The zero-order chi connectivity index (χ0) is 20.2. The molecule has 0 saturated carbocycles. The van der Waals surface area contributed by atoms with Crippen molar-refractivity contribution in [3.63, 3.8) is 0 Å². The maximum atomic E-state index is 6.06. The van der Waals surface area contributed by atoms with E-state index in [1.165, 1.54) is 0 Å². The SMILES string of the molecule is COc1cc(Nc2nccc(Oc3ccc(N)c4ccccc34)n2)cc(OC)c1. The zero-order valence-electron chi connectivity index (χ0n) is 16.0. The van der Waals surface area contributed by atoms with Gasteiger partial charge in [0, 0.05) is 52.6 Å². The highest BCUT2D eigenvalue weighted by Crippen LogP contribution is 2.33. The first-order valence-corrected chi connectivity index (χ1v) is 8.94. The van der Waals surface area contributed by atoms with Crippen LogP contribution in [0.15, 0.2) is 66.9 Å². The first kappa shape index (κ1) is 18.4. The summed E-state index contributed by atoms with van der Waals surface area (Å²) in [6.07, 6.45) is 1.63. The van der Waals surface area contributed by atoms with Crippen LogP contribution in [0.1, 0.15) is 0 Å². The van der Waals surface area contributed by atoms with Crippen LogP contribution in [0, 0.1) is 0 Å². The lowest BCUT2D eigenvalue weighted by atomic mass is 10.1. The van der Waals surface area contributed by atoms with E-state index in [1.54, 1.807) is 32.5 Å². The van der Waals surface area contributed by atoms with Crippen LogP contribution >= 0.6 is 0 Å². The van der Waals surface area contributed by atoms with E-state index < -0.39 is 0 Å². The maximum Gasteiger partial charge on any atom is 0.230 e. The van der Waals surface area contributed by atoms with E-state index in [0.717, 1.165) is 16.5 Å². The summed E-state index contributed by atoms with van der Waals surface area (Å²) < 4.78 is 16.6. The molecule has 1 aromatic heterocycles. The fraction of sp³-hybridized carbons (Fsp3) is 0.0909. The van der Waals surface area contributed by atoms with E-state index in [4.69, 9.17) is 19.9 Å². The Labute approximate surface area is 168 Å². The predicted molar refractivity (Wildman–Crippen MR) is 113 cm³/mol. The van der Waals surface area contributed by atoms with Crippen molar-refractivity contribution < 1.29 is 14.2 Å². The average Bonchev–Trinajstić information content (AvgIpc) is 2.76. The summed E-state index contributed by atoms with van der Waals surface area (Å²) in [5.41, 5.74) is 7.50. The topological polar surface area (TPSA) is 91.5 Å². The van der Waals surface area contributed by atoms with Crippen LogP contribution in [-0.4, -0.2) is 24.2 Å². The highest BCUT2D eigenvalue weighted by atomic mass is 16.5. The van der Waals surface area contributed by atoms with Gasteiger partial charge in [-0.1, -0.05) is 24.3 Å². The molecule has 0 aliphatic carbocycles. The summed E-state index contributed by atoms with van der Waals surface area (Å²) >= 11 is 0. The van der Waals surface area contributed by atoms with Crippen molar-refractivity contribution in [2.45, 2.75) is 0 Å². The third-order valence-corrected chi connectivity index (χ3v) is 4.37. The lowest BCUT2D eigenvalue weighted by molar-refractivity contribution is 0.395. The molecule has 0 radical (unpaired) electrons. The first-order valence-electron chi connectivity index (χ1n) is 8.94. The minimum Gasteiger partial charge on any atom is -0.497 e. The molecule has 4 rings (SSSR count). The van der Waals surface area contributed by atoms with Gasteiger partial charge in [0.05, 0.1) is 14.2 Å². The summed E-state index contributed by atoms with van der Waals surface area (Å²) in [5.74, 6) is 2.78. The largest absolute Gasteiger partial charge is 0.497 e. The standard InChI is InChI=1S/C22H20N4O3/c1-27-15-11-14(12-16(13-15)28-2)25-22-24-10-9-21(26-22)29-20-8-7-19(23)17-5-3-4-6-18(17)20/h3-13H,23H2,1-2H3,(H,24,25,26). The molecular weight excluding hydrogens is 368 g/mol. The van der Waals surface area contributed by atoms with Crippen molar-refractivity contribution >= 4 is 28.1 Å². The van der Waals surface area contributed by atoms with Gasteiger partial charge in [0.1, 0.15) is 17.2 Å². The summed E-state index contributed by atoms with van der Waals surface area (Å²) in [6, 6.07) is 18.6. The zero-order valence-corrected chi connectivity index (χ0v) is 16.0. The molecule has 0 saturated heterocycles. The number of hydrogen-bond donors (Lipinski definition) is 2. The molecule has 3 N–H and O–H groups in total. The van der Waals surface area contributed by atoms with E-state index >= 15 is 0 Å². The van der Waals surface area contributed by atoms with Crippen LogP contribution < -0.4 is 25.3 Å². The molecule has 0 aliphatic heterocycles. The average molecular weight is 388 g/mol. The molecule has 7 heteroatoms. The second kappa shape index (κ2) is 7.93. The Hall–Kier alpha value is -4.00. The third kappa shape index (κ3) is 3.98. The highest BCUT2D eigenvalue weighted by Gasteiger charge is 2.09. The quantitative estimate of drug-likeness (QED) is 0.460. The minimum absolute atomic E-state index is 0.387. The van der Waals surface area contributed by atoms with Gasteiger partial charge in [0.2, 0.25) is 11.8 Å². The number of aromatic nitrogens is 2. The van der Waals surface area contributed by atoms with Crippen LogP contribution in [0.4, 0.5) is 17.3 Å². The van der Waals surface area contributed by atoms with Gasteiger partial charge in [0.25, 0.3) is 0 Å². The predicted octanol–water partition coefficient (Wildman–Crippen LogP) is 4.77. The van der Waals surface area contributed by atoms with Crippen LogP contribution in [-0.2, 0) is 0 Å². The number of ether oxygens (including phenoxy) is 3. The molecule has 0 spiro atoms. The van der Waals surface area contributed by atoms with Gasteiger partial charge in [-0.05, 0) is 12.1 Å². The number of nitrogens with zero attached hydrogens (tertiary/aromatic N) is 2. The first-order chi connectivity index (χ1) is 14.2. The molecule has 1 heterocycles. The second-order valence-electron chi connectivity index (χ2n) is 6.25. The number of fused-ring (bicyclic) bond motifs is 1. The molecule has 0 unspecified atom stereocenters. The Morgan fingerprint density at radius 1 is 0.862 bits per heavy atom. The molecule has 0 aliphatic rings. The van der Waals surface area contributed by atoms with Gasteiger partial charge >= 0.3 is 0 Å². The van der Waals surface area contributed by atoms with E-state index in [1.807, 2.05) is 48.5 Å². The van der Waals surface area contributed by atoms with Crippen molar-refractivity contribution in [2.24, 2.45) is 0 Å². The van der Waals surface area contributed by atoms with Gasteiger partial charge < -0.3 is 25.3 Å². The lowest BCUT2D eigenvalue weighted by Crippen LogP contribution is -1.99. The Bertz CT molecular complexity index is 1140. The van der Waals surface area contributed by atoms with Crippen molar-refractivity contribution in [2.75, 3.05) is 25.3 Å². The number of methoxy groups -OCH3 is 2. The molecule has 0 fully saturated rings. The molecule has 7 nitrogen and oxygen atoms in total. The number of nitrogen functional groups attached to an aromatic ring is 1. The Morgan fingerprint density at radius 3 is 2.31 bits per heavy atom. The van der Waals surface area contributed by atoms with Gasteiger partial charge in [-0.15, -0.1) is 0 Å². The summed E-state index contributed by atoms with van der Waals surface area (Å²) in [7, 11) is 3.20. The molecule has 146 valence electrons. The number of rotatable bonds is 6. The van der Waals surface area contributed by atoms with Crippen molar-refractivity contribution in [1.82, 2.24) is 9.97 Å².